The second kappa shape index (κ2) is 13.2. The van der Waals surface area contributed by atoms with Crippen molar-refractivity contribution in [3.05, 3.63) is 55.5 Å². The molecule has 1 nitrogen and oxygen atoms in total. The third-order valence-electron chi connectivity index (χ3n) is 2.47. The van der Waals surface area contributed by atoms with Crippen molar-refractivity contribution in [2.45, 2.75) is 45.1 Å². The molecule has 0 aromatic carbocycles. The Hall–Kier alpha value is -0.197. The van der Waals surface area contributed by atoms with Crippen LogP contribution in [0.4, 0.5) is 0 Å². The molecular formula is C16H23OZr. The standard InChI is InChI=1S/C6H13O.2C5H5.Zr/c1-4-6(3,7)5-2;2*1-2-4-5-3-1;/h7H,1,4-5H2,2-3H3;2*1-3H,4H2;/q3*-1;+3. The van der Waals surface area contributed by atoms with E-state index in [4.69, 9.17) is 5.11 Å². The largest absolute Gasteiger partial charge is 3.00 e. The molecule has 2 aliphatic rings. The van der Waals surface area contributed by atoms with Crippen molar-refractivity contribution in [3.63, 3.8) is 0 Å². The Kier molecular flexibility index (Phi) is 14.8. The zero-order valence-electron chi connectivity index (χ0n) is 11.4. The molecule has 2 aliphatic carbocycles. The molecule has 2 heteroatoms. The van der Waals surface area contributed by atoms with Gasteiger partial charge in [0.15, 0.2) is 0 Å². The quantitative estimate of drug-likeness (QED) is 0.762. The van der Waals surface area contributed by atoms with Crippen molar-refractivity contribution in [1.82, 2.24) is 0 Å². The molecule has 0 saturated carbocycles. The van der Waals surface area contributed by atoms with Crippen molar-refractivity contribution in [2.24, 2.45) is 0 Å². The van der Waals surface area contributed by atoms with E-state index in [-0.39, 0.29) is 26.2 Å². The minimum absolute atomic E-state index is 0. The van der Waals surface area contributed by atoms with Gasteiger partial charge in [0.25, 0.3) is 0 Å². The third-order valence-corrected chi connectivity index (χ3v) is 2.47. The number of aliphatic hydroxyl groups is 1. The predicted molar refractivity (Wildman–Crippen MR) is 74.0 cm³/mol. The van der Waals surface area contributed by atoms with Crippen LogP contribution in [0.15, 0.2) is 36.5 Å². The normalized spacial score (nSPS) is 17.1. The van der Waals surface area contributed by atoms with Crippen LogP contribution in [0.1, 0.15) is 39.5 Å². The zero-order valence-corrected chi connectivity index (χ0v) is 13.9. The van der Waals surface area contributed by atoms with Crippen LogP contribution in [-0.2, 0) is 26.2 Å². The number of allylic oxidation sites excluding steroid dienone is 8. The molecule has 0 saturated heterocycles. The second-order valence-electron chi connectivity index (χ2n) is 4.11. The molecule has 0 bridgehead atoms. The third kappa shape index (κ3) is 13.9. The first-order chi connectivity index (χ1) is 8.12. The van der Waals surface area contributed by atoms with Crippen LogP contribution in [0.5, 0.6) is 0 Å². The topological polar surface area (TPSA) is 20.2 Å². The molecule has 0 aliphatic heterocycles. The molecule has 0 heterocycles. The maximum absolute atomic E-state index is 9.07. The Morgan fingerprint density at radius 2 is 1.61 bits per heavy atom. The Balaban J connectivity index is 0. The van der Waals surface area contributed by atoms with Gasteiger partial charge in [-0.2, -0.15) is 18.6 Å². The minimum atomic E-state index is -0.528. The molecule has 97 valence electrons. The van der Waals surface area contributed by atoms with E-state index < -0.39 is 5.60 Å². The van der Waals surface area contributed by atoms with E-state index >= 15 is 0 Å². The average Bonchev–Trinajstić information content (AvgIpc) is 3.06. The van der Waals surface area contributed by atoms with E-state index in [0.29, 0.717) is 6.42 Å². The Labute approximate surface area is 131 Å². The van der Waals surface area contributed by atoms with Gasteiger partial charge in [-0.3, -0.25) is 12.2 Å². The molecule has 1 radical (unpaired) electrons. The van der Waals surface area contributed by atoms with Crippen LogP contribution < -0.4 is 0 Å². The first-order valence-corrected chi connectivity index (χ1v) is 6.07. The van der Waals surface area contributed by atoms with Crippen LogP contribution in [0.25, 0.3) is 0 Å². The minimum Gasteiger partial charge on any atom is -0.393 e. The fourth-order valence-electron chi connectivity index (χ4n) is 0.857. The SMILES string of the molecule is [C-]1=CC=CC1.[C-]1=CC=CC1.[CH2-]CC(C)(O)CC.[Zr+3]. The Morgan fingerprint density at radius 1 is 1.17 bits per heavy atom. The van der Waals surface area contributed by atoms with Gasteiger partial charge in [-0.25, -0.2) is 24.3 Å². The fraction of sp³-hybridized carbons (Fsp3) is 0.438. The number of hydrogen-bond acceptors (Lipinski definition) is 1. The summed E-state index contributed by atoms with van der Waals surface area (Å²) in [7, 11) is 0. The van der Waals surface area contributed by atoms with Crippen molar-refractivity contribution in [1.29, 1.82) is 0 Å². The monoisotopic (exact) mass is 321 g/mol. The van der Waals surface area contributed by atoms with Crippen molar-refractivity contribution in [2.75, 3.05) is 0 Å². The predicted octanol–water partition coefficient (Wildman–Crippen LogP) is 3.98. The molecule has 1 N–H and O–H groups in total. The van der Waals surface area contributed by atoms with Crippen LogP contribution in [0.2, 0.25) is 0 Å². The summed E-state index contributed by atoms with van der Waals surface area (Å²) in [4.78, 5) is 0. The summed E-state index contributed by atoms with van der Waals surface area (Å²) >= 11 is 0. The smallest absolute Gasteiger partial charge is 0.393 e. The van der Waals surface area contributed by atoms with Gasteiger partial charge in [-0.05, 0) is 13.3 Å². The summed E-state index contributed by atoms with van der Waals surface area (Å²) in [5.41, 5.74) is -0.528. The first kappa shape index (κ1) is 20.1. The van der Waals surface area contributed by atoms with Crippen molar-refractivity contribution < 1.29 is 31.3 Å². The van der Waals surface area contributed by atoms with E-state index in [0.717, 1.165) is 19.3 Å². The van der Waals surface area contributed by atoms with Gasteiger partial charge >= 0.3 is 26.2 Å². The molecule has 1 unspecified atom stereocenters. The molecule has 0 amide bonds. The average molecular weight is 323 g/mol. The molecular weight excluding hydrogens is 299 g/mol. The van der Waals surface area contributed by atoms with Gasteiger partial charge in [0, 0.05) is 5.60 Å². The molecule has 0 aromatic heterocycles. The van der Waals surface area contributed by atoms with Gasteiger partial charge in [0.2, 0.25) is 0 Å². The van der Waals surface area contributed by atoms with Crippen LogP contribution in [-0.4, -0.2) is 10.7 Å². The van der Waals surface area contributed by atoms with Gasteiger partial charge in [-0.15, -0.1) is 12.8 Å². The number of hydrogen-bond donors (Lipinski definition) is 1. The fourth-order valence-corrected chi connectivity index (χ4v) is 0.857. The van der Waals surface area contributed by atoms with E-state index in [2.05, 4.69) is 31.2 Å². The van der Waals surface area contributed by atoms with E-state index in [1.165, 1.54) is 0 Å². The number of rotatable bonds is 2. The maximum Gasteiger partial charge on any atom is 3.00 e. The molecule has 0 fully saturated rings. The van der Waals surface area contributed by atoms with Crippen LogP contribution in [0, 0.1) is 19.1 Å². The van der Waals surface area contributed by atoms with E-state index in [1.807, 2.05) is 31.2 Å². The van der Waals surface area contributed by atoms with Crippen LogP contribution >= 0.6 is 0 Å². The summed E-state index contributed by atoms with van der Waals surface area (Å²) in [6.07, 6.45) is 21.4. The van der Waals surface area contributed by atoms with Gasteiger partial charge in [0.1, 0.15) is 0 Å². The van der Waals surface area contributed by atoms with Gasteiger partial charge in [0.05, 0.1) is 0 Å². The Bertz CT molecular complexity index is 237. The van der Waals surface area contributed by atoms with E-state index in [1.54, 1.807) is 6.92 Å². The summed E-state index contributed by atoms with van der Waals surface area (Å²) in [6.45, 7) is 7.32. The maximum atomic E-state index is 9.07. The van der Waals surface area contributed by atoms with Crippen molar-refractivity contribution in [3.8, 4) is 0 Å². The summed E-state index contributed by atoms with van der Waals surface area (Å²) in [6, 6.07) is 0. The summed E-state index contributed by atoms with van der Waals surface area (Å²) < 4.78 is 0. The Morgan fingerprint density at radius 3 is 1.67 bits per heavy atom. The molecule has 0 aromatic rings. The molecule has 2 rings (SSSR count). The first-order valence-electron chi connectivity index (χ1n) is 6.07. The molecule has 0 spiro atoms. The van der Waals surface area contributed by atoms with Gasteiger partial charge in [-0.1, -0.05) is 6.92 Å². The van der Waals surface area contributed by atoms with Crippen molar-refractivity contribution >= 4 is 0 Å². The molecule has 1 atom stereocenters. The summed E-state index contributed by atoms with van der Waals surface area (Å²) in [5.74, 6) is 0. The zero-order chi connectivity index (χ0) is 13.0. The summed E-state index contributed by atoms with van der Waals surface area (Å²) in [5, 5.41) is 9.07. The van der Waals surface area contributed by atoms with Gasteiger partial charge < -0.3 is 12.0 Å². The van der Waals surface area contributed by atoms with Crippen LogP contribution in [0.3, 0.4) is 0 Å². The molecule has 18 heavy (non-hydrogen) atoms. The second-order valence-corrected chi connectivity index (χ2v) is 4.11. The van der Waals surface area contributed by atoms with E-state index in [9.17, 15) is 0 Å².